The predicted molar refractivity (Wildman–Crippen MR) is 46.2 cm³/mol. The first-order valence-corrected chi connectivity index (χ1v) is 4.26. The van der Waals surface area contributed by atoms with Gasteiger partial charge in [0.15, 0.2) is 0 Å². The Hall–Kier alpha value is -0.890. The minimum Gasteiger partial charge on any atom is -0.327 e. The van der Waals surface area contributed by atoms with Gasteiger partial charge in [-0.05, 0) is 36.5 Å². The van der Waals surface area contributed by atoms with E-state index in [2.05, 4.69) is 0 Å². The van der Waals surface area contributed by atoms with Crippen molar-refractivity contribution in [3.05, 3.63) is 35.6 Å². The van der Waals surface area contributed by atoms with Gasteiger partial charge in [-0.25, -0.2) is 4.39 Å². The van der Waals surface area contributed by atoms with Crippen molar-refractivity contribution in [1.82, 2.24) is 0 Å². The molecule has 1 aromatic rings. The molecule has 0 amide bonds. The topological polar surface area (TPSA) is 26.0 Å². The van der Waals surface area contributed by atoms with Gasteiger partial charge in [0.25, 0.3) is 0 Å². The molecule has 1 nitrogen and oxygen atoms in total. The molecule has 1 saturated carbocycles. The van der Waals surface area contributed by atoms with Crippen LogP contribution in [0.3, 0.4) is 0 Å². The first kappa shape index (κ1) is 7.74. The molecular weight excluding hydrogens is 153 g/mol. The lowest BCUT2D eigenvalue weighted by molar-refractivity contribution is 0.623. The second kappa shape index (κ2) is 2.87. The van der Waals surface area contributed by atoms with Crippen LogP contribution in [0, 0.1) is 11.7 Å². The summed E-state index contributed by atoms with van der Waals surface area (Å²) in [7, 11) is 0. The van der Waals surface area contributed by atoms with E-state index in [1.807, 2.05) is 6.07 Å². The zero-order chi connectivity index (χ0) is 8.55. The van der Waals surface area contributed by atoms with Gasteiger partial charge < -0.3 is 5.73 Å². The van der Waals surface area contributed by atoms with Gasteiger partial charge in [-0.1, -0.05) is 12.1 Å². The molecule has 0 aromatic heterocycles. The van der Waals surface area contributed by atoms with Crippen molar-refractivity contribution in [2.24, 2.45) is 11.7 Å². The van der Waals surface area contributed by atoms with Crippen molar-refractivity contribution in [2.75, 3.05) is 0 Å². The van der Waals surface area contributed by atoms with Crippen LogP contribution in [0.4, 0.5) is 4.39 Å². The standard InChI is InChI=1S/C10H12FN/c11-9-3-1-2-7(5-9)4-8-6-10(8)12/h1-3,5,8,10H,4,6,12H2. The molecule has 0 radical (unpaired) electrons. The molecule has 1 aromatic carbocycles. The summed E-state index contributed by atoms with van der Waals surface area (Å²) in [6, 6.07) is 7.11. The molecule has 1 aliphatic rings. The monoisotopic (exact) mass is 165 g/mol. The molecule has 2 rings (SSSR count). The Morgan fingerprint density at radius 2 is 2.25 bits per heavy atom. The second-order valence-corrected chi connectivity index (χ2v) is 3.49. The van der Waals surface area contributed by atoms with E-state index in [0.717, 1.165) is 18.4 Å². The normalized spacial score (nSPS) is 27.2. The van der Waals surface area contributed by atoms with Crippen LogP contribution in [0.25, 0.3) is 0 Å². The maximum Gasteiger partial charge on any atom is 0.123 e. The molecule has 2 unspecified atom stereocenters. The third-order valence-corrected chi connectivity index (χ3v) is 2.36. The largest absolute Gasteiger partial charge is 0.327 e. The lowest BCUT2D eigenvalue weighted by Crippen LogP contribution is -2.03. The Balaban J connectivity index is 2.03. The molecule has 1 fully saturated rings. The highest BCUT2D eigenvalue weighted by Crippen LogP contribution is 2.31. The van der Waals surface area contributed by atoms with Crippen LogP contribution in [0.2, 0.25) is 0 Å². The van der Waals surface area contributed by atoms with E-state index in [9.17, 15) is 4.39 Å². The highest BCUT2D eigenvalue weighted by atomic mass is 19.1. The van der Waals surface area contributed by atoms with Crippen LogP contribution in [0.1, 0.15) is 12.0 Å². The highest BCUT2D eigenvalue weighted by Gasteiger charge is 2.32. The van der Waals surface area contributed by atoms with Gasteiger partial charge in [0, 0.05) is 6.04 Å². The number of hydrogen-bond acceptors (Lipinski definition) is 1. The van der Waals surface area contributed by atoms with Crippen LogP contribution < -0.4 is 5.73 Å². The lowest BCUT2D eigenvalue weighted by Gasteiger charge is -1.98. The number of nitrogens with two attached hydrogens (primary N) is 1. The fourth-order valence-electron chi connectivity index (χ4n) is 1.47. The zero-order valence-electron chi connectivity index (χ0n) is 6.83. The summed E-state index contributed by atoms with van der Waals surface area (Å²) in [5.41, 5.74) is 6.72. The Morgan fingerprint density at radius 1 is 1.50 bits per heavy atom. The van der Waals surface area contributed by atoms with Gasteiger partial charge in [0.2, 0.25) is 0 Å². The third kappa shape index (κ3) is 1.64. The number of rotatable bonds is 2. The lowest BCUT2D eigenvalue weighted by atomic mass is 10.1. The fraction of sp³-hybridized carbons (Fsp3) is 0.400. The summed E-state index contributed by atoms with van der Waals surface area (Å²) in [4.78, 5) is 0. The molecule has 12 heavy (non-hydrogen) atoms. The van der Waals surface area contributed by atoms with Gasteiger partial charge in [-0.15, -0.1) is 0 Å². The Morgan fingerprint density at radius 3 is 2.83 bits per heavy atom. The van der Waals surface area contributed by atoms with E-state index in [0.29, 0.717) is 12.0 Å². The SMILES string of the molecule is NC1CC1Cc1cccc(F)c1. The molecule has 2 N–H and O–H groups in total. The van der Waals surface area contributed by atoms with Gasteiger partial charge in [0.05, 0.1) is 0 Å². The number of benzene rings is 1. The molecule has 0 aliphatic heterocycles. The van der Waals surface area contributed by atoms with E-state index >= 15 is 0 Å². The maximum absolute atomic E-state index is 12.7. The highest BCUT2D eigenvalue weighted by molar-refractivity contribution is 5.18. The van der Waals surface area contributed by atoms with Gasteiger partial charge in [0.1, 0.15) is 5.82 Å². The van der Waals surface area contributed by atoms with Crippen molar-refractivity contribution in [3.8, 4) is 0 Å². The zero-order valence-corrected chi connectivity index (χ0v) is 6.83. The van der Waals surface area contributed by atoms with Crippen molar-refractivity contribution < 1.29 is 4.39 Å². The summed E-state index contributed by atoms with van der Waals surface area (Å²) >= 11 is 0. The van der Waals surface area contributed by atoms with E-state index in [-0.39, 0.29) is 5.82 Å². The van der Waals surface area contributed by atoms with Crippen LogP contribution in [0.5, 0.6) is 0 Å². The summed E-state index contributed by atoms with van der Waals surface area (Å²) in [6.45, 7) is 0. The van der Waals surface area contributed by atoms with Crippen molar-refractivity contribution in [2.45, 2.75) is 18.9 Å². The summed E-state index contributed by atoms with van der Waals surface area (Å²) in [6.07, 6.45) is 2.02. The molecule has 1 aliphatic carbocycles. The van der Waals surface area contributed by atoms with Crippen LogP contribution in [-0.2, 0) is 6.42 Å². The Labute approximate surface area is 71.4 Å². The maximum atomic E-state index is 12.7. The van der Waals surface area contributed by atoms with E-state index in [4.69, 9.17) is 5.73 Å². The Kier molecular flexibility index (Phi) is 1.85. The van der Waals surface area contributed by atoms with Gasteiger partial charge in [-0.3, -0.25) is 0 Å². The van der Waals surface area contributed by atoms with Crippen LogP contribution in [-0.4, -0.2) is 6.04 Å². The minimum absolute atomic E-state index is 0.151. The molecule has 0 heterocycles. The molecule has 2 heteroatoms. The second-order valence-electron chi connectivity index (χ2n) is 3.49. The first-order chi connectivity index (χ1) is 5.75. The van der Waals surface area contributed by atoms with Crippen molar-refractivity contribution in [3.63, 3.8) is 0 Å². The predicted octanol–water partition coefficient (Wildman–Crippen LogP) is 1.72. The average molecular weight is 165 g/mol. The molecular formula is C10H12FN. The van der Waals surface area contributed by atoms with Gasteiger partial charge in [-0.2, -0.15) is 0 Å². The fourth-order valence-corrected chi connectivity index (χ4v) is 1.47. The summed E-state index contributed by atoms with van der Waals surface area (Å²) in [5, 5.41) is 0. The van der Waals surface area contributed by atoms with Crippen LogP contribution >= 0.6 is 0 Å². The van der Waals surface area contributed by atoms with Crippen molar-refractivity contribution in [1.29, 1.82) is 0 Å². The molecule has 0 saturated heterocycles. The number of hydrogen-bond donors (Lipinski definition) is 1. The molecule has 2 atom stereocenters. The average Bonchev–Trinajstić information content (AvgIpc) is 2.66. The van der Waals surface area contributed by atoms with Crippen molar-refractivity contribution >= 4 is 0 Å². The van der Waals surface area contributed by atoms with Gasteiger partial charge >= 0.3 is 0 Å². The third-order valence-electron chi connectivity index (χ3n) is 2.36. The smallest absolute Gasteiger partial charge is 0.123 e. The molecule has 0 bridgehead atoms. The van der Waals surface area contributed by atoms with E-state index in [1.54, 1.807) is 12.1 Å². The minimum atomic E-state index is -0.151. The quantitative estimate of drug-likeness (QED) is 0.709. The molecule has 64 valence electrons. The van der Waals surface area contributed by atoms with E-state index in [1.165, 1.54) is 6.07 Å². The summed E-state index contributed by atoms with van der Waals surface area (Å²) < 4.78 is 12.7. The first-order valence-electron chi connectivity index (χ1n) is 4.26. The Bertz CT molecular complexity index is 285. The number of halogens is 1. The van der Waals surface area contributed by atoms with Crippen LogP contribution in [0.15, 0.2) is 24.3 Å². The van der Waals surface area contributed by atoms with E-state index < -0.39 is 0 Å². The summed E-state index contributed by atoms with van der Waals surface area (Å²) in [5.74, 6) is 0.438. The molecule has 0 spiro atoms.